The molecule has 2 aliphatic carbocycles. The number of methoxy groups -OCH3 is 1. The number of imide groups is 2. The highest BCUT2D eigenvalue weighted by atomic mass is 35.5. The Morgan fingerprint density at radius 2 is 1.71 bits per heavy atom. The minimum absolute atomic E-state index is 0.103. The third kappa shape index (κ3) is 3.52. The number of amides is 4. The van der Waals surface area contributed by atoms with Crippen LogP contribution in [0.3, 0.4) is 0 Å². The van der Waals surface area contributed by atoms with Gasteiger partial charge < -0.3 is 19.9 Å². The molecule has 4 amide bonds. The van der Waals surface area contributed by atoms with Gasteiger partial charge in [0.2, 0.25) is 11.8 Å². The molecular formula is C28H25BCl2N2O8. The largest absolute Gasteiger partial charge is 0.508 e. The third-order valence-corrected chi connectivity index (χ3v) is 10.4. The predicted molar refractivity (Wildman–Crippen MR) is 149 cm³/mol. The quantitative estimate of drug-likeness (QED) is 0.207. The van der Waals surface area contributed by atoms with Crippen molar-refractivity contribution < 1.29 is 39.1 Å². The highest BCUT2D eigenvalue weighted by Gasteiger charge is 2.76. The summed E-state index contributed by atoms with van der Waals surface area (Å²) in [4.78, 5) is 52.8. The average Bonchev–Trinajstić information content (AvgIpc) is 3.28. The molecule has 2 saturated heterocycles. The van der Waals surface area contributed by atoms with Gasteiger partial charge in [-0.2, -0.15) is 0 Å². The standard InChI is InChI=1S/C28H25BCl2N2O8/c1-32-25(37)27(30)12-17-15(22(28(27,31)26(32)38)21-18(34)7-4-8-19(21)41-2)9-10-16-20(17)24(36)33(23(16)35)14-6-3-5-13(11-14)29(39)40/h3-9,11,16-17,20,22,34,39-40H,10,12H2,1-2H3. The zero-order valence-corrected chi connectivity index (χ0v) is 23.5. The van der Waals surface area contributed by atoms with Gasteiger partial charge in [0.15, 0.2) is 9.75 Å². The van der Waals surface area contributed by atoms with Crippen molar-refractivity contribution in [3.05, 3.63) is 59.7 Å². The Hall–Kier alpha value is -3.38. The first-order valence-corrected chi connectivity index (χ1v) is 13.7. The van der Waals surface area contributed by atoms with Crippen molar-refractivity contribution in [2.45, 2.75) is 28.5 Å². The number of benzene rings is 2. The van der Waals surface area contributed by atoms with Crippen LogP contribution in [0.5, 0.6) is 11.5 Å². The van der Waals surface area contributed by atoms with Crippen molar-refractivity contribution in [1.29, 1.82) is 0 Å². The Kier molecular flexibility index (Phi) is 6.31. The number of allylic oxidation sites excluding steroid dienone is 2. The maximum atomic E-state index is 14.0. The molecular weight excluding hydrogens is 574 g/mol. The van der Waals surface area contributed by atoms with Gasteiger partial charge in [-0.1, -0.05) is 29.8 Å². The number of anilines is 1. The van der Waals surface area contributed by atoms with E-state index in [0.717, 1.165) is 9.80 Å². The Morgan fingerprint density at radius 1 is 1.00 bits per heavy atom. The van der Waals surface area contributed by atoms with Crippen molar-refractivity contribution in [1.82, 2.24) is 4.90 Å². The van der Waals surface area contributed by atoms with Gasteiger partial charge in [-0.05, 0) is 48.5 Å². The Labute approximate surface area is 245 Å². The minimum atomic E-state index is -2.06. The number of phenolic OH excluding ortho intramolecular Hbond substituents is 1. The second-order valence-electron chi connectivity index (χ2n) is 10.9. The summed E-state index contributed by atoms with van der Waals surface area (Å²) in [5.74, 6) is -6.22. The lowest BCUT2D eigenvalue weighted by molar-refractivity contribution is -0.138. The summed E-state index contributed by atoms with van der Waals surface area (Å²) in [6.07, 6.45) is 1.68. The van der Waals surface area contributed by atoms with Crippen LogP contribution < -0.4 is 15.1 Å². The molecule has 6 rings (SSSR count). The molecule has 3 fully saturated rings. The van der Waals surface area contributed by atoms with E-state index in [0.29, 0.717) is 5.57 Å². The van der Waals surface area contributed by atoms with Gasteiger partial charge in [-0.15, -0.1) is 23.2 Å². The van der Waals surface area contributed by atoms with Crippen LogP contribution in [0.15, 0.2) is 54.1 Å². The molecule has 2 heterocycles. The van der Waals surface area contributed by atoms with Crippen LogP contribution in [0.1, 0.15) is 24.3 Å². The summed E-state index contributed by atoms with van der Waals surface area (Å²) in [6, 6.07) is 10.4. The van der Waals surface area contributed by atoms with E-state index in [1.165, 1.54) is 44.5 Å². The van der Waals surface area contributed by atoms with Gasteiger partial charge >= 0.3 is 7.12 Å². The molecule has 10 nitrogen and oxygen atoms in total. The molecule has 13 heteroatoms. The van der Waals surface area contributed by atoms with Crippen molar-refractivity contribution in [3.63, 3.8) is 0 Å². The maximum Gasteiger partial charge on any atom is 0.488 e. The fourth-order valence-electron chi connectivity index (χ4n) is 7.14. The summed E-state index contributed by atoms with van der Waals surface area (Å²) < 4.78 is 5.54. The lowest BCUT2D eigenvalue weighted by Gasteiger charge is -2.50. The number of ether oxygens (including phenoxy) is 1. The zero-order valence-electron chi connectivity index (χ0n) is 22.0. The van der Waals surface area contributed by atoms with Crippen LogP contribution >= 0.6 is 23.2 Å². The minimum Gasteiger partial charge on any atom is -0.508 e. The van der Waals surface area contributed by atoms with Crippen LogP contribution in [0.4, 0.5) is 5.69 Å². The van der Waals surface area contributed by atoms with Crippen molar-refractivity contribution in [2.24, 2.45) is 17.8 Å². The molecule has 0 bridgehead atoms. The molecule has 6 unspecified atom stereocenters. The van der Waals surface area contributed by atoms with E-state index in [1.54, 1.807) is 18.2 Å². The normalized spacial score (nSPS) is 32.5. The smallest absolute Gasteiger partial charge is 0.488 e. The molecule has 2 aliphatic heterocycles. The van der Waals surface area contributed by atoms with Crippen LogP contribution in [-0.4, -0.2) is 74.7 Å². The van der Waals surface area contributed by atoms with Crippen LogP contribution in [-0.2, 0) is 19.2 Å². The van der Waals surface area contributed by atoms with Gasteiger partial charge in [0.25, 0.3) is 11.8 Å². The highest BCUT2D eigenvalue weighted by molar-refractivity contribution is 6.58. The van der Waals surface area contributed by atoms with Gasteiger partial charge in [-0.25, -0.2) is 0 Å². The fraction of sp³-hybridized carbons (Fsp3) is 0.357. The van der Waals surface area contributed by atoms with Crippen LogP contribution in [0.2, 0.25) is 0 Å². The number of phenols is 1. The summed E-state index contributed by atoms with van der Waals surface area (Å²) in [6.45, 7) is 0. The molecule has 212 valence electrons. The molecule has 0 aromatic heterocycles. The van der Waals surface area contributed by atoms with Crippen molar-refractivity contribution >= 4 is 65.1 Å². The SMILES string of the molecule is COc1cccc(O)c1C1C2=CCC3C(=O)N(c4cccc(B(O)O)c4)C(=O)C3C2CC2(Cl)C(=O)N(C)C(=O)C12Cl. The molecule has 4 aliphatic rings. The number of hydrogen-bond acceptors (Lipinski definition) is 8. The third-order valence-electron chi connectivity index (χ3n) is 8.99. The summed E-state index contributed by atoms with van der Waals surface area (Å²) in [7, 11) is 0.869. The van der Waals surface area contributed by atoms with E-state index in [9.17, 15) is 34.3 Å². The number of carbonyl (C=O) groups is 4. The second kappa shape index (κ2) is 9.32. The van der Waals surface area contributed by atoms with Gasteiger partial charge in [0.1, 0.15) is 11.5 Å². The summed E-state index contributed by atoms with van der Waals surface area (Å²) in [5, 5.41) is 30.3. The Bertz CT molecular complexity index is 1570. The molecule has 2 aromatic rings. The van der Waals surface area contributed by atoms with E-state index in [1.807, 2.05) is 0 Å². The predicted octanol–water partition coefficient (Wildman–Crippen LogP) is 1.27. The van der Waals surface area contributed by atoms with Crippen molar-refractivity contribution in [3.8, 4) is 11.5 Å². The highest BCUT2D eigenvalue weighted by Crippen LogP contribution is 2.66. The maximum absolute atomic E-state index is 14.0. The topological polar surface area (TPSA) is 145 Å². The van der Waals surface area contributed by atoms with E-state index in [4.69, 9.17) is 27.9 Å². The van der Waals surface area contributed by atoms with Gasteiger partial charge in [-0.3, -0.25) is 29.0 Å². The van der Waals surface area contributed by atoms with E-state index >= 15 is 0 Å². The molecule has 41 heavy (non-hydrogen) atoms. The molecule has 3 N–H and O–H groups in total. The number of hydrogen-bond donors (Lipinski definition) is 3. The first-order valence-electron chi connectivity index (χ1n) is 13.0. The lowest BCUT2D eigenvalue weighted by atomic mass is 9.56. The van der Waals surface area contributed by atoms with Gasteiger partial charge in [0, 0.05) is 18.5 Å². The summed E-state index contributed by atoms with van der Waals surface area (Å²) in [5.41, 5.74) is 0.941. The number of fused-ring (bicyclic) bond motifs is 4. The van der Waals surface area contributed by atoms with E-state index < -0.39 is 64.2 Å². The number of nitrogens with zero attached hydrogens (tertiary/aromatic N) is 2. The molecule has 0 radical (unpaired) electrons. The van der Waals surface area contributed by atoms with Gasteiger partial charge in [0.05, 0.1) is 24.6 Å². The molecule has 0 spiro atoms. The number of alkyl halides is 2. The molecule has 6 atom stereocenters. The number of rotatable bonds is 4. The zero-order chi connectivity index (χ0) is 29.6. The van der Waals surface area contributed by atoms with Crippen LogP contribution in [0.25, 0.3) is 0 Å². The van der Waals surface area contributed by atoms with E-state index in [-0.39, 0.29) is 41.1 Å². The molecule has 2 aromatic carbocycles. The summed E-state index contributed by atoms with van der Waals surface area (Å²) >= 11 is 14.3. The number of halogens is 2. The Morgan fingerprint density at radius 3 is 2.39 bits per heavy atom. The van der Waals surface area contributed by atoms with E-state index in [2.05, 4.69) is 0 Å². The average molecular weight is 599 g/mol. The lowest BCUT2D eigenvalue weighted by Crippen LogP contribution is -2.60. The fourth-order valence-corrected chi connectivity index (χ4v) is 8.14. The Balaban J connectivity index is 1.53. The monoisotopic (exact) mass is 598 g/mol. The second-order valence-corrected chi connectivity index (χ2v) is 12.1. The van der Waals surface area contributed by atoms with Crippen molar-refractivity contribution in [2.75, 3.05) is 19.1 Å². The number of carbonyl (C=O) groups excluding carboxylic acids is 4. The first-order chi connectivity index (χ1) is 19.4. The number of likely N-dealkylation sites (tertiary alicyclic amines) is 1. The number of aromatic hydroxyl groups is 1. The van der Waals surface area contributed by atoms with Crippen LogP contribution in [0, 0.1) is 17.8 Å². The molecule has 1 saturated carbocycles. The first kappa shape index (κ1) is 27.8.